The van der Waals surface area contributed by atoms with Gasteiger partial charge in [-0.25, -0.2) is 8.42 Å². The fourth-order valence-electron chi connectivity index (χ4n) is 1.24. The molecule has 0 heterocycles. The molecule has 0 saturated heterocycles. The molecule has 0 unspecified atom stereocenters. The summed E-state index contributed by atoms with van der Waals surface area (Å²) in [6.07, 6.45) is 0.624. The minimum atomic E-state index is -2.84. The van der Waals surface area contributed by atoms with E-state index in [4.69, 9.17) is 11.6 Å². The first-order valence-corrected chi connectivity index (χ1v) is 7.43. The van der Waals surface area contributed by atoms with Crippen LogP contribution in [0.1, 0.15) is 13.3 Å². The minimum Gasteiger partial charge on any atom is -0.385 e. The predicted octanol–water partition coefficient (Wildman–Crippen LogP) is 2.58. The highest BCUT2D eigenvalue weighted by molar-refractivity contribution is 7.91. The summed E-state index contributed by atoms with van der Waals surface area (Å²) in [6.45, 7) is 2.32. The van der Waals surface area contributed by atoms with Crippen LogP contribution in [0.2, 0.25) is 5.02 Å². The average Bonchev–Trinajstić information content (AvgIpc) is 2.27. The van der Waals surface area contributed by atoms with Crippen LogP contribution in [0, 0.1) is 0 Å². The van der Waals surface area contributed by atoms with Crippen molar-refractivity contribution in [3.63, 3.8) is 0 Å². The maximum absolute atomic E-state index is 11.2. The Balaban J connectivity index is 2.29. The molecule has 0 fully saturated rings. The lowest BCUT2D eigenvalue weighted by atomic mass is 10.3. The molecular weight excluding hydrogens is 246 g/mol. The second-order valence-electron chi connectivity index (χ2n) is 3.52. The third-order valence-corrected chi connectivity index (χ3v) is 4.29. The lowest BCUT2D eigenvalue weighted by Gasteiger charge is -2.06. The van der Waals surface area contributed by atoms with Crippen LogP contribution in [0.5, 0.6) is 0 Å². The van der Waals surface area contributed by atoms with Crippen LogP contribution in [-0.2, 0) is 9.84 Å². The van der Waals surface area contributed by atoms with Gasteiger partial charge in [-0.1, -0.05) is 18.5 Å². The third kappa shape index (κ3) is 4.86. The normalized spacial score (nSPS) is 11.4. The van der Waals surface area contributed by atoms with E-state index in [-0.39, 0.29) is 11.5 Å². The highest BCUT2D eigenvalue weighted by Gasteiger charge is 2.05. The zero-order valence-electron chi connectivity index (χ0n) is 9.24. The fraction of sp³-hybridized carbons (Fsp3) is 0.455. The number of nitrogens with one attached hydrogen (secondary N) is 1. The molecular formula is C11H16ClNO2S. The molecule has 0 spiro atoms. The molecule has 0 bridgehead atoms. The van der Waals surface area contributed by atoms with Crippen LogP contribution >= 0.6 is 11.6 Å². The Kier molecular flexibility index (Phi) is 5.09. The Hall–Kier alpha value is -0.740. The van der Waals surface area contributed by atoms with Gasteiger partial charge in [0, 0.05) is 23.0 Å². The molecule has 3 nitrogen and oxygen atoms in total. The zero-order chi connectivity index (χ0) is 12.0. The molecule has 1 aromatic rings. The van der Waals surface area contributed by atoms with Gasteiger partial charge in [0.25, 0.3) is 0 Å². The van der Waals surface area contributed by atoms with E-state index in [2.05, 4.69) is 5.32 Å². The van der Waals surface area contributed by atoms with Crippen molar-refractivity contribution in [1.82, 2.24) is 0 Å². The number of hydrogen-bond donors (Lipinski definition) is 1. The largest absolute Gasteiger partial charge is 0.385 e. The Morgan fingerprint density at radius 1 is 1.25 bits per heavy atom. The van der Waals surface area contributed by atoms with Crippen LogP contribution in [0.15, 0.2) is 24.3 Å². The summed E-state index contributed by atoms with van der Waals surface area (Å²) < 4.78 is 22.4. The SMILES string of the molecule is CCS(=O)(=O)CCCNc1ccc(Cl)cc1. The molecule has 0 aliphatic heterocycles. The summed E-state index contributed by atoms with van der Waals surface area (Å²) in [5.74, 6) is 0.456. The summed E-state index contributed by atoms with van der Waals surface area (Å²) in [5.41, 5.74) is 0.957. The molecule has 0 saturated carbocycles. The van der Waals surface area contributed by atoms with Gasteiger partial charge in [-0.05, 0) is 30.7 Å². The first-order chi connectivity index (χ1) is 7.53. The Labute approximate surface area is 102 Å². The van der Waals surface area contributed by atoms with Gasteiger partial charge in [0.05, 0.1) is 5.75 Å². The lowest BCUT2D eigenvalue weighted by Crippen LogP contribution is -2.12. The average molecular weight is 262 g/mol. The second-order valence-corrected chi connectivity index (χ2v) is 6.43. The zero-order valence-corrected chi connectivity index (χ0v) is 10.8. The number of sulfone groups is 1. The topological polar surface area (TPSA) is 46.2 Å². The van der Waals surface area contributed by atoms with E-state index < -0.39 is 9.84 Å². The van der Waals surface area contributed by atoms with E-state index in [1.165, 1.54) is 0 Å². The van der Waals surface area contributed by atoms with Crippen LogP contribution in [0.25, 0.3) is 0 Å². The van der Waals surface area contributed by atoms with Crippen LogP contribution in [0.4, 0.5) is 5.69 Å². The van der Waals surface area contributed by atoms with Crippen molar-refractivity contribution >= 4 is 27.1 Å². The van der Waals surface area contributed by atoms with Gasteiger partial charge in [0.15, 0.2) is 0 Å². The number of rotatable bonds is 6. The standard InChI is InChI=1S/C11H16ClNO2S/c1-2-16(14,15)9-3-8-13-11-6-4-10(12)5-7-11/h4-7,13H,2-3,8-9H2,1H3. The maximum Gasteiger partial charge on any atom is 0.150 e. The van der Waals surface area contributed by atoms with E-state index >= 15 is 0 Å². The van der Waals surface area contributed by atoms with Gasteiger partial charge in [-0.3, -0.25) is 0 Å². The van der Waals surface area contributed by atoms with Gasteiger partial charge in [0.2, 0.25) is 0 Å². The molecule has 5 heteroatoms. The first kappa shape index (κ1) is 13.3. The van der Waals surface area contributed by atoms with Crippen molar-refractivity contribution in [2.75, 3.05) is 23.4 Å². The molecule has 90 valence electrons. The summed E-state index contributed by atoms with van der Waals surface area (Å²) in [6, 6.07) is 7.34. The monoisotopic (exact) mass is 261 g/mol. The Morgan fingerprint density at radius 2 is 1.88 bits per heavy atom. The molecule has 1 N–H and O–H groups in total. The molecule has 0 aliphatic rings. The van der Waals surface area contributed by atoms with Gasteiger partial charge >= 0.3 is 0 Å². The van der Waals surface area contributed by atoms with Crippen LogP contribution in [-0.4, -0.2) is 26.5 Å². The fourth-order valence-corrected chi connectivity index (χ4v) is 2.24. The van der Waals surface area contributed by atoms with E-state index in [0.29, 0.717) is 18.0 Å². The summed E-state index contributed by atoms with van der Waals surface area (Å²) >= 11 is 5.74. The Bertz CT molecular complexity index is 414. The minimum absolute atomic E-state index is 0.216. The van der Waals surface area contributed by atoms with Gasteiger partial charge in [0.1, 0.15) is 9.84 Å². The summed E-state index contributed by atoms with van der Waals surface area (Å²) in [4.78, 5) is 0. The van der Waals surface area contributed by atoms with Crippen molar-refractivity contribution in [3.05, 3.63) is 29.3 Å². The van der Waals surface area contributed by atoms with Gasteiger partial charge in [-0.2, -0.15) is 0 Å². The Morgan fingerprint density at radius 3 is 2.44 bits per heavy atom. The number of benzene rings is 1. The van der Waals surface area contributed by atoms with Crippen LogP contribution < -0.4 is 5.32 Å². The van der Waals surface area contributed by atoms with E-state index in [0.717, 1.165) is 5.69 Å². The molecule has 0 radical (unpaired) electrons. The van der Waals surface area contributed by atoms with Crippen molar-refractivity contribution in [2.45, 2.75) is 13.3 Å². The van der Waals surface area contributed by atoms with Crippen molar-refractivity contribution < 1.29 is 8.42 Å². The first-order valence-electron chi connectivity index (χ1n) is 5.23. The second kappa shape index (κ2) is 6.11. The highest BCUT2D eigenvalue weighted by atomic mass is 35.5. The quantitative estimate of drug-likeness (QED) is 0.801. The van der Waals surface area contributed by atoms with Crippen molar-refractivity contribution in [3.8, 4) is 0 Å². The predicted molar refractivity (Wildman–Crippen MR) is 68.9 cm³/mol. The third-order valence-electron chi connectivity index (χ3n) is 2.25. The van der Waals surface area contributed by atoms with Gasteiger partial charge in [-0.15, -0.1) is 0 Å². The van der Waals surface area contributed by atoms with Crippen molar-refractivity contribution in [1.29, 1.82) is 0 Å². The molecule has 1 aromatic carbocycles. The lowest BCUT2D eigenvalue weighted by molar-refractivity contribution is 0.595. The molecule has 16 heavy (non-hydrogen) atoms. The maximum atomic E-state index is 11.2. The molecule has 0 aliphatic carbocycles. The van der Waals surface area contributed by atoms with Gasteiger partial charge < -0.3 is 5.32 Å². The summed E-state index contributed by atoms with van der Waals surface area (Å²) in [5, 5.41) is 3.84. The summed E-state index contributed by atoms with van der Waals surface area (Å²) in [7, 11) is -2.84. The van der Waals surface area contributed by atoms with Crippen LogP contribution in [0.3, 0.4) is 0 Å². The number of anilines is 1. The molecule has 0 amide bonds. The number of halogens is 1. The molecule has 0 atom stereocenters. The van der Waals surface area contributed by atoms with E-state index in [1.807, 2.05) is 12.1 Å². The highest BCUT2D eigenvalue weighted by Crippen LogP contribution is 2.13. The van der Waals surface area contributed by atoms with E-state index in [9.17, 15) is 8.42 Å². The number of hydrogen-bond acceptors (Lipinski definition) is 3. The molecule has 0 aromatic heterocycles. The van der Waals surface area contributed by atoms with Crippen molar-refractivity contribution in [2.24, 2.45) is 0 Å². The van der Waals surface area contributed by atoms with E-state index in [1.54, 1.807) is 19.1 Å². The smallest absolute Gasteiger partial charge is 0.150 e. The molecule has 1 rings (SSSR count).